The van der Waals surface area contributed by atoms with Gasteiger partial charge in [-0.25, -0.2) is 4.79 Å². The Morgan fingerprint density at radius 1 is 0.770 bits per heavy atom. The zero-order valence-electron chi connectivity index (χ0n) is 33.5. The predicted molar refractivity (Wildman–Crippen MR) is 223 cm³/mol. The Morgan fingerprint density at radius 3 is 2.08 bits per heavy atom. The summed E-state index contributed by atoms with van der Waals surface area (Å²) in [4.78, 5) is 63.2. The number of aromatic hydroxyl groups is 2. The highest BCUT2D eigenvalue weighted by molar-refractivity contribution is 6.09. The van der Waals surface area contributed by atoms with Crippen LogP contribution in [0, 0.1) is 29.6 Å². The number of anilines is 1. The smallest absolute Gasteiger partial charge is 0.340 e. The standard InChI is InChI=1S/C47H46N4O10/c1-2-3-11-40(54)36(29-48)45(57)51-31-14-18-34(19-15-31)59-25-10-6-7-12-43(55)49-23-8-4-5-9-24-50-44(56)30-13-20-35-39(26-30)47(61-46(35)58)37-21-16-32(52)27-41(37)60-42-28-33(53)17-22-38(42)47/h1,13-22,26-28,36,52-53H,3-12,23-25H2,(H,49,55)(H,50,56)(H,51,57). The van der Waals surface area contributed by atoms with Gasteiger partial charge in [0.1, 0.15) is 28.7 Å². The Labute approximate surface area is 353 Å². The van der Waals surface area contributed by atoms with Crippen molar-refractivity contribution in [1.29, 1.82) is 5.26 Å². The first-order chi connectivity index (χ1) is 29.5. The third kappa shape index (κ3) is 10.3. The van der Waals surface area contributed by atoms with Crippen LogP contribution in [0.25, 0.3) is 0 Å². The molecule has 1 atom stereocenters. The van der Waals surface area contributed by atoms with E-state index in [9.17, 15) is 39.4 Å². The van der Waals surface area contributed by atoms with Crippen LogP contribution in [-0.4, -0.2) is 59.4 Å². The lowest BCUT2D eigenvalue weighted by molar-refractivity contribution is -0.129. The molecule has 0 aromatic heterocycles. The van der Waals surface area contributed by atoms with E-state index in [4.69, 9.17) is 20.6 Å². The molecule has 1 spiro atoms. The molecule has 314 valence electrons. The third-order valence-corrected chi connectivity index (χ3v) is 10.4. The number of nitriles is 1. The second kappa shape index (κ2) is 20.1. The van der Waals surface area contributed by atoms with Gasteiger partial charge in [-0.3, -0.25) is 19.2 Å². The van der Waals surface area contributed by atoms with Gasteiger partial charge in [-0.05, 0) is 98.8 Å². The summed E-state index contributed by atoms with van der Waals surface area (Å²) in [6, 6.07) is 22.1. The van der Waals surface area contributed by atoms with Crippen molar-refractivity contribution < 1.29 is 48.4 Å². The topological polar surface area (TPSA) is 213 Å². The number of nitrogens with zero attached hydrogens (tertiary/aromatic N) is 1. The number of hydrogen-bond acceptors (Lipinski definition) is 11. The summed E-state index contributed by atoms with van der Waals surface area (Å²) in [7, 11) is 0. The molecule has 0 bridgehead atoms. The van der Waals surface area contributed by atoms with E-state index in [1.165, 1.54) is 24.3 Å². The number of phenols is 2. The van der Waals surface area contributed by atoms with Crippen molar-refractivity contribution in [2.75, 3.05) is 25.0 Å². The number of amides is 3. The van der Waals surface area contributed by atoms with E-state index in [-0.39, 0.29) is 47.7 Å². The quantitative estimate of drug-likeness (QED) is 0.0271. The van der Waals surface area contributed by atoms with Crippen LogP contribution >= 0.6 is 0 Å². The minimum Gasteiger partial charge on any atom is -0.508 e. The number of carbonyl (C=O) groups is 5. The maximum Gasteiger partial charge on any atom is 0.340 e. The van der Waals surface area contributed by atoms with E-state index < -0.39 is 29.2 Å². The number of benzene rings is 4. The zero-order chi connectivity index (χ0) is 43.4. The number of Topliss-reactive ketones (excluding diaryl/α,β-unsaturated/α-hetero) is 1. The molecule has 0 saturated heterocycles. The molecular formula is C47H46N4O10. The van der Waals surface area contributed by atoms with Crippen molar-refractivity contribution in [1.82, 2.24) is 10.6 Å². The second-order valence-electron chi connectivity index (χ2n) is 14.7. The van der Waals surface area contributed by atoms with E-state index in [2.05, 4.69) is 21.9 Å². The molecule has 2 aliphatic rings. The van der Waals surface area contributed by atoms with E-state index in [1.54, 1.807) is 60.7 Å². The predicted octanol–water partition coefficient (Wildman–Crippen LogP) is 6.77. The fourth-order valence-electron chi connectivity index (χ4n) is 7.28. The number of phenolic OH excluding ortho intramolecular Hbond substituents is 2. The summed E-state index contributed by atoms with van der Waals surface area (Å²) < 4.78 is 17.8. The van der Waals surface area contributed by atoms with Gasteiger partial charge >= 0.3 is 5.97 Å². The average molecular weight is 827 g/mol. The molecule has 0 aliphatic carbocycles. The van der Waals surface area contributed by atoms with Crippen molar-refractivity contribution in [2.45, 2.75) is 69.8 Å². The second-order valence-corrected chi connectivity index (χ2v) is 14.7. The van der Waals surface area contributed by atoms with Crippen LogP contribution in [0.5, 0.6) is 28.7 Å². The molecule has 1 unspecified atom stereocenters. The van der Waals surface area contributed by atoms with Crippen molar-refractivity contribution in [3.05, 3.63) is 107 Å². The number of ketones is 1. The van der Waals surface area contributed by atoms with Gasteiger partial charge in [0.2, 0.25) is 11.8 Å². The summed E-state index contributed by atoms with van der Waals surface area (Å²) >= 11 is 0. The van der Waals surface area contributed by atoms with E-state index in [1.807, 2.05) is 0 Å². The van der Waals surface area contributed by atoms with Gasteiger partial charge < -0.3 is 40.4 Å². The zero-order valence-corrected chi connectivity index (χ0v) is 33.5. The Morgan fingerprint density at radius 2 is 1.43 bits per heavy atom. The molecule has 14 heteroatoms. The number of esters is 1. The van der Waals surface area contributed by atoms with Crippen LogP contribution < -0.4 is 25.4 Å². The Balaban J connectivity index is 0.848. The maximum absolute atomic E-state index is 13.3. The molecular weight excluding hydrogens is 781 g/mol. The summed E-state index contributed by atoms with van der Waals surface area (Å²) in [5.74, 6) is -0.210. The van der Waals surface area contributed by atoms with Gasteiger partial charge in [-0.1, -0.05) is 12.8 Å². The first-order valence-corrected chi connectivity index (χ1v) is 20.2. The van der Waals surface area contributed by atoms with Crippen LogP contribution in [0.4, 0.5) is 5.69 Å². The largest absolute Gasteiger partial charge is 0.508 e. The summed E-state index contributed by atoms with van der Waals surface area (Å²) in [6.07, 6.45) is 11.3. The molecule has 4 aromatic carbocycles. The fraction of sp³-hybridized carbons (Fsp3) is 0.319. The van der Waals surface area contributed by atoms with Gasteiger partial charge in [0.15, 0.2) is 17.3 Å². The van der Waals surface area contributed by atoms with Crippen molar-refractivity contribution in [3.8, 4) is 47.2 Å². The highest BCUT2D eigenvalue weighted by Crippen LogP contribution is 2.57. The normalized spacial score (nSPS) is 13.2. The summed E-state index contributed by atoms with van der Waals surface area (Å²) in [6.45, 7) is 1.46. The number of terminal acetylenes is 1. The van der Waals surface area contributed by atoms with Crippen LogP contribution in [-0.2, 0) is 24.7 Å². The molecule has 4 aromatic rings. The molecule has 0 saturated carbocycles. The lowest BCUT2D eigenvalue weighted by Crippen LogP contribution is -2.33. The van der Waals surface area contributed by atoms with Crippen molar-refractivity contribution in [3.63, 3.8) is 0 Å². The van der Waals surface area contributed by atoms with Gasteiger partial charge in [-0.2, -0.15) is 5.26 Å². The number of unbranched alkanes of at least 4 members (excludes halogenated alkanes) is 5. The first-order valence-electron chi connectivity index (χ1n) is 20.2. The Kier molecular flexibility index (Phi) is 14.3. The van der Waals surface area contributed by atoms with E-state index >= 15 is 0 Å². The molecule has 0 radical (unpaired) electrons. The van der Waals surface area contributed by atoms with Crippen molar-refractivity contribution >= 4 is 35.2 Å². The fourth-order valence-corrected chi connectivity index (χ4v) is 7.28. The molecule has 2 heterocycles. The molecule has 14 nitrogen and oxygen atoms in total. The number of carbonyl (C=O) groups excluding carboxylic acids is 5. The number of nitrogens with one attached hydrogen (secondary N) is 3. The third-order valence-electron chi connectivity index (χ3n) is 10.4. The Bertz CT molecular complexity index is 2330. The molecule has 2 aliphatic heterocycles. The number of ether oxygens (including phenoxy) is 3. The summed E-state index contributed by atoms with van der Waals surface area (Å²) in [5.41, 5.74) is 1.01. The van der Waals surface area contributed by atoms with Gasteiger partial charge in [0.05, 0.1) is 18.2 Å². The van der Waals surface area contributed by atoms with Crippen molar-refractivity contribution in [2.24, 2.45) is 5.92 Å². The SMILES string of the molecule is C#CCCC(=O)C(C#N)C(=O)Nc1ccc(OCCCCCC(=O)NCCCCCCNC(=O)c2ccc3c(c2)C2(OC3=O)c3ccc(O)cc3Oc3cc(O)ccc32)cc1. The number of hydrogen-bond donors (Lipinski definition) is 5. The molecule has 0 fully saturated rings. The van der Waals surface area contributed by atoms with Gasteiger partial charge in [0.25, 0.3) is 5.91 Å². The monoisotopic (exact) mass is 826 g/mol. The molecule has 61 heavy (non-hydrogen) atoms. The number of rotatable bonds is 20. The average Bonchev–Trinajstić information content (AvgIpc) is 3.53. The minimum absolute atomic E-state index is 0.00514. The highest BCUT2D eigenvalue weighted by atomic mass is 16.6. The summed E-state index contributed by atoms with van der Waals surface area (Å²) in [5, 5.41) is 38.0. The van der Waals surface area contributed by atoms with Crippen LogP contribution in [0.15, 0.2) is 78.9 Å². The number of fused-ring (bicyclic) bond motifs is 6. The molecule has 3 amide bonds. The molecule has 5 N–H and O–H groups in total. The molecule has 6 rings (SSSR count). The first kappa shape index (κ1) is 43.3. The lowest BCUT2D eigenvalue weighted by Gasteiger charge is -2.36. The minimum atomic E-state index is -1.46. The van der Waals surface area contributed by atoms with Gasteiger partial charge in [0, 0.05) is 72.4 Å². The van der Waals surface area contributed by atoms with Crippen LogP contribution in [0.2, 0.25) is 0 Å². The Hall–Kier alpha value is -7.32. The van der Waals surface area contributed by atoms with Gasteiger partial charge in [-0.15, -0.1) is 12.3 Å². The lowest BCUT2D eigenvalue weighted by atomic mass is 9.77. The maximum atomic E-state index is 13.3. The highest BCUT2D eigenvalue weighted by Gasteiger charge is 2.54. The van der Waals surface area contributed by atoms with E-state index in [0.29, 0.717) is 65.4 Å². The van der Waals surface area contributed by atoms with Crippen LogP contribution in [0.3, 0.4) is 0 Å². The van der Waals surface area contributed by atoms with Crippen LogP contribution in [0.1, 0.15) is 102 Å². The van der Waals surface area contributed by atoms with E-state index in [0.717, 1.165) is 44.9 Å².